The topological polar surface area (TPSA) is 63.6 Å². The Balaban J connectivity index is 2.83. The zero-order chi connectivity index (χ0) is 13.7. The van der Waals surface area contributed by atoms with Gasteiger partial charge in [0.05, 0.1) is 5.02 Å². The van der Waals surface area contributed by atoms with Crippen LogP contribution in [0.5, 0.6) is 0 Å². The molecule has 18 heavy (non-hydrogen) atoms. The molecule has 0 aliphatic heterocycles. The molecule has 0 saturated heterocycles. The zero-order valence-corrected chi connectivity index (χ0v) is 11.2. The van der Waals surface area contributed by atoms with Crippen molar-refractivity contribution in [1.29, 1.82) is 0 Å². The highest BCUT2D eigenvalue weighted by Crippen LogP contribution is 2.22. The number of Topliss-reactive ketones (excluding diaryl/α,β-unsaturated/α-hetero) is 1. The summed E-state index contributed by atoms with van der Waals surface area (Å²) in [4.78, 5) is 22.8. The lowest BCUT2D eigenvalue weighted by Gasteiger charge is -2.12. The highest BCUT2D eigenvalue weighted by molar-refractivity contribution is 6.36. The van der Waals surface area contributed by atoms with Gasteiger partial charge in [-0.25, -0.2) is 4.79 Å². The van der Waals surface area contributed by atoms with Crippen LogP contribution in [0.1, 0.15) is 23.7 Å². The van der Waals surface area contributed by atoms with Gasteiger partial charge in [-0.3, -0.25) is 4.79 Å². The molecule has 1 aromatic rings. The van der Waals surface area contributed by atoms with Crippen LogP contribution in [0.3, 0.4) is 0 Å². The van der Waals surface area contributed by atoms with Crippen molar-refractivity contribution in [2.45, 2.75) is 19.4 Å². The minimum Gasteiger partial charge on any atom is -0.479 e. The number of carboxylic acids is 1. The van der Waals surface area contributed by atoms with Crippen molar-refractivity contribution in [1.82, 2.24) is 0 Å². The molecule has 0 heterocycles. The molecule has 0 spiro atoms. The van der Waals surface area contributed by atoms with E-state index in [0.717, 1.165) is 0 Å². The maximum atomic E-state index is 11.9. The molecule has 6 heteroatoms. The van der Waals surface area contributed by atoms with E-state index in [9.17, 15) is 9.59 Å². The van der Waals surface area contributed by atoms with Crippen LogP contribution in [0.15, 0.2) is 18.2 Å². The molecule has 0 amide bonds. The molecule has 0 saturated carbocycles. The Bertz CT molecular complexity index is 459. The first-order valence-corrected chi connectivity index (χ1v) is 6.04. The Labute approximate surface area is 114 Å². The van der Waals surface area contributed by atoms with Gasteiger partial charge in [-0.1, -0.05) is 23.2 Å². The van der Waals surface area contributed by atoms with Crippen LogP contribution >= 0.6 is 23.2 Å². The van der Waals surface area contributed by atoms with E-state index in [0.29, 0.717) is 5.02 Å². The molecule has 1 N–H and O–H groups in total. The Hall–Kier alpha value is -1.10. The molecule has 98 valence electrons. The van der Waals surface area contributed by atoms with Crippen LogP contribution in [0.25, 0.3) is 0 Å². The van der Waals surface area contributed by atoms with Gasteiger partial charge in [-0.15, -0.1) is 0 Å². The normalized spacial score (nSPS) is 12.2. The van der Waals surface area contributed by atoms with E-state index in [-0.39, 0.29) is 23.6 Å². The van der Waals surface area contributed by atoms with Gasteiger partial charge in [0, 0.05) is 23.6 Å². The quantitative estimate of drug-likeness (QED) is 0.818. The number of carbonyl (C=O) groups excluding carboxylic acids is 1. The fourth-order valence-corrected chi connectivity index (χ4v) is 1.93. The number of aliphatic carboxylic acids is 1. The second-order valence-corrected chi connectivity index (χ2v) is 4.38. The minimum atomic E-state index is -1.17. The monoisotopic (exact) mass is 290 g/mol. The average Bonchev–Trinajstić information content (AvgIpc) is 2.27. The number of halogens is 2. The molecule has 0 fully saturated rings. The fraction of sp³-hybridized carbons (Fsp3) is 0.333. The number of carboxylic acid groups (broad SMARTS) is 1. The van der Waals surface area contributed by atoms with Crippen molar-refractivity contribution in [2.75, 3.05) is 6.61 Å². The zero-order valence-electron chi connectivity index (χ0n) is 9.65. The van der Waals surface area contributed by atoms with Crippen molar-refractivity contribution < 1.29 is 19.4 Å². The van der Waals surface area contributed by atoms with Gasteiger partial charge in [0.25, 0.3) is 0 Å². The van der Waals surface area contributed by atoms with E-state index < -0.39 is 17.9 Å². The summed E-state index contributed by atoms with van der Waals surface area (Å²) in [6, 6.07) is 4.43. The van der Waals surface area contributed by atoms with Crippen molar-refractivity contribution in [2.24, 2.45) is 0 Å². The molecule has 1 unspecified atom stereocenters. The molecule has 0 radical (unpaired) electrons. The van der Waals surface area contributed by atoms with E-state index in [1.807, 2.05) is 0 Å². The number of carbonyl (C=O) groups is 2. The van der Waals surface area contributed by atoms with Gasteiger partial charge in [0.15, 0.2) is 11.9 Å². The largest absolute Gasteiger partial charge is 0.479 e. The smallest absolute Gasteiger partial charge is 0.333 e. The average molecular weight is 291 g/mol. The minimum absolute atomic E-state index is 0.202. The molecule has 0 aliphatic rings. The van der Waals surface area contributed by atoms with E-state index >= 15 is 0 Å². The van der Waals surface area contributed by atoms with Gasteiger partial charge in [-0.2, -0.15) is 0 Å². The van der Waals surface area contributed by atoms with Gasteiger partial charge in [-0.05, 0) is 25.1 Å². The van der Waals surface area contributed by atoms with Gasteiger partial charge >= 0.3 is 5.97 Å². The summed E-state index contributed by atoms with van der Waals surface area (Å²) in [5, 5.41) is 9.50. The number of ketones is 1. The van der Waals surface area contributed by atoms with Crippen LogP contribution in [-0.2, 0) is 9.53 Å². The predicted molar refractivity (Wildman–Crippen MR) is 68.5 cm³/mol. The van der Waals surface area contributed by atoms with Crippen LogP contribution in [0, 0.1) is 0 Å². The second kappa shape index (κ2) is 6.73. The number of rotatable bonds is 6. The van der Waals surface area contributed by atoms with Crippen molar-refractivity contribution in [3.05, 3.63) is 33.8 Å². The van der Waals surface area contributed by atoms with Crippen LogP contribution in [0.2, 0.25) is 10.0 Å². The summed E-state index contributed by atoms with van der Waals surface area (Å²) < 4.78 is 4.97. The fourth-order valence-electron chi connectivity index (χ4n) is 1.41. The third kappa shape index (κ3) is 3.98. The van der Waals surface area contributed by atoms with E-state index in [1.54, 1.807) is 6.92 Å². The molecule has 0 aliphatic carbocycles. The Morgan fingerprint density at radius 3 is 2.56 bits per heavy atom. The highest BCUT2D eigenvalue weighted by atomic mass is 35.5. The lowest BCUT2D eigenvalue weighted by atomic mass is 10.1. The SMILES string of the molecule is CCOC(CC(=O)c1ccc(Cl)cc1Cl)C(=O)O. The first-order valence-electron chi connectivity index (χ1n) is 5.28. The molecule has 0 bridgehead atoms. The molecule has 0 aromatic heterocycles. The summed E-state index contributed by atoms with van der Waals surface area (Å²) in [6.07, 6.45) is -1.42. The molecule has 1 atom stereocenters. The van der Waals surface area contributed by atoms with Crippen LogP contribution in [-0.4, -0.2) is 29.6 Å². The summed E-state index contributed by atoms with van der Waals surface area (Å²) >= 11 is 11.6. The molecular formula is C12H12Cl2O4. The highest BCUT2D eigenvalue weighted by Gasteiger charge is 2.23. The van der Waals surface area contributed by atoms with E-state index in [1.165, 1.54) is 18.2 Å². The van der Waals surface area contributed by atoms with Crippen molar-refractivity contribution in [3.63, 3.8) is 0 Å². The molecule has 1 rings (SSSR count). The van der Waals surface area contributed by atoms with Crippen molar-refractivity contribution >= 4 is 35.0 Å². The predicted octanol–water partition coefficient (Wildman–Crippen LogP) is 3.06. The summed E-state index contributed by atoms with van der Waals surface area (Å²) in [6.45, 7) is 1.88. The first kappa shape index (κ1) is 15.0. The van der Waals surface area contributed by atoms with E-state index in [2.05, 4.69) is 0 Å². The van der Waals surface area contributed by atoms with Crippen molar-refractivity contribution in [3.8, 4) is 0 Å². The van der Waals surface area contributed by atoms with Crippen LogP contribution < -0.4 is 0 Å². The van der Waals surface area contributed by atoms with Gasteiger partial charge < -0.3 is 9.84 Å². The second-order valence-electron chi connectivity index (χ2n) is 3.53. The lowest BCUT2D eigenvalue weighted by molar-refractivity contribution is -0.149. The summed E-state index contributed by atoms with van der Waals surface area (Å²) in [7, 11) is 0. The third-order valence-electron chi connectivity index (χ3n) is 2.25. The number of ether oxygens (including phenoxy) is 1. The maximum absolute atomic E-state index is 11.9. The van der Waals surface area contributed by atoms with Gasteiger partial charge in [0.2, 0.25) is 0 Å². The number of benzene rings is 1. The Morgan fingerprint density at radius 2 is 2.06 bits per heavy atom. The van der Waals surface area contributed by atoms with E-state index in [4.69, 9.17) is 33.0 Å². The first-order chi connectivity index (χ1) is 8.45. The third-order valence-corrected chi connectivity index (χ3v) is 2.79. The summed E-state index contributed by atoms with van der Waals surface area (Å²) in [5.41, 5.74) is 0.243. The molecule has 4 nitrogen and oxygen atoms in total. The lowest BCUT2D eigenvalue weighted by Crippen LogP contribution is -2.27. The Kier molecular flexibility index (Phi) is 5.59. The Morgan fingerprint density at radius 1 is 1.39 bits per heavy atom. The molecule has 1 aromatic carbocycles. The number of hydrogen-bond donors (Lipinski definition) is 1. The standard InChI is InChI=1S/C12H12Cl2O4/c1-2-18-11(12(16)17)6-10(15)8-4-3-7(13)5-9(8)14/h3-5,11H,2,6H2,1H3,(H,16,17). The van der Waals surface area contributed by atoms with Gasteiger partial charge in [0.1, 0.15) is 0 Å². The number of hydrogen-bond acceptors (Lipinski definition) is 3. The van der Waals surface area contributed by atoms with Crippen LogP contribution in [0.4, 0.5) is 0 Å². The molecular weight excluding hydrogens is 279 g/mol. The maximum Gasteiger partial charge on any atom is 0.333 e. The summed E-state index contributed by atoms with van der Waals surface area (Å²) in [5.74, 6) is -1.56.